The zero-order valence-corrected chi connectivity index (χ0v) is 11.2. The van der Waals surface area contributed by atoms with E-state index in [2.05, 4.69) is 20.4 Å². The van der Waals surface area contributed by atoms with Crippen LogP contribution in [0.2, 0.25) is 0 Å². The molecule has 1 amide bonds. The number of carbonyl (C=O) groups is 1. The molecule has 18 heavy (non-hydrogen) atoms. The van der Waals surface area contributed by atoms with Gasteiger partial charge in [-0.25, -0.2) is 0 Å². The van der Waals surface area contributed by atoms with Crippen molar-refractivity contribution in [3.63, 3.8) is 0 Å². The van der Waals surface area contributed by atoms with Gasteiger partial charge in [0, 0.05) is 12.1 Å². The van der Waals surface area contributed by atoms with E-state index in [0.717, 1.165) is 30.5 Å². The molecule has 1 aromatic rings. The Hall–Kier alpha value is -1.57. The number of hydrogen-bond donors (Lipinski definition) is 0. The number of benzene rings is 1. The molecule has 0 saturated carbocycles. The highest BCUT2D eigenvalue weighted by molar-refractivity contribution is 5.98. The highest BCUT2D eigenvalue weighted by Crippen LogP contribution is 2.29. The third-order valence-corrected chi connectivity index (χ3v) is 3.98. The Balaban J connectivity index is 2.26. The van der Waals surface area contributed by atoms with Gasteiger partial charge in [0.05, 0.1) is 6.04 Å². The van der Waals surface area contributed by atoms with Gasteiger partial charge in [0.25, 0.3) is 5.91 Å². The number of rotatable bonds is 5. The Kier molecular flexibility index (Phi) is 3.85. The predicted octanol–water partition coefficient (Wildman–Crippen LogP) is 3.63. The monoisotopic (exact) mass is 243 g/mol. The molecule has 1 aromatic carbocycles. The summed E-state index contributed by atoms with van der Waals surface area (Å²) in [6, 6.07) is 8.04. The maximum Gasteiger partial charge on any atom is 0.255 e. The Bertz CT molecular complexity index is 448. The zero-order valence-electron chi connectivity index (χ0n) is 11.2. The smallest absolute Gasteiger partial charge is 0.255 e. The molecule has 0 saturated heterocycles. The van der Waals surface area contributed by atoms with Crippen molar-refractivity contribution >= 4 is 5.91 Å². The van der Waals surface area contributed by atoms with Crippen molar-refractivity contribution < 1.29 is 4.79 Å². The fourth-order valence-corrected chi connectivity index (χ4v) is 2.86. The van der Waals surface area contributed by atoms with Crippen LogP contribution in [0.4, 0.5) is 0 Å². The van der Waals surface area contributed by atoms with E-state index in [0.29, 0.717) is 5.92 Å². The van der Waals surface area contributed by atoms with Crippen LogP contribution >= 0.6 is 0 Å². The molecule has 0 N–H and O–H groups in total. The molecule has 0 aliphatic carbocycles. The van der Waals surface area contributed by atoms with Gasteiger partial charge in [-0.2, -0.15) is 0 Å². The van der Waals surface area contributed by atoms with Gasteiger partial charge >= 0.3 is 0 Å². The number of fused-ring (bicyclic) bond motifs is 1. The first-order chi connectivity index (χ1) is 8.72. The van der Waals surface area contributed by atoms with Crippen molar-refractivity contribution in [1.82, 2.24) is 4.90 Å². The fourth-order valence-electron chi connectivity index (χ4n) is 2.86. The third kappa shape index (κ3) is 2.07. The molecular weight excluding hydrogens is 222 g/mol. The lowest BCUT2D eigenvalue weighted by atomic mass is 9.93. The van der Waals surface area contributed by atoms with Gasteiger partial charge in [0.15, 0.2) is 0 Å². The maximum atomic E-state index is 12.4. The second-order valence-corrected chi connectivity index (χ2v) is 4.89. The highest BCUT2D eigenvalue weighted by atomic mass is 16.2. The molecular formula is C16H21NO. The van der Waals surface area contributed by atoms with Gasteiger partial charge in [0.2, 0.25) is 0 Å². The van der Waals surface area contributed by atoms with Crippen LogP contribution in [0.3, 0.4) is 0 Å². The maximum absolute atomic E-state index is 12.4. The summed E-state index contributed by atoms with van der Waals surface area (Å²) in [5, 5.41) is 0. The van der Waals surface area contributed by atoms with Crippen LogP contribution in [0.15, 0.2) is 36.9 Å². The Morgan fingerprint density at radius 3 is 2.56 bits per heavy atom. The van der Waals surface area contributed by atoms with Crippen LogP contribution in [0.25, 0.3) is 0 Å². The van der Waals surface area contributed by atoms with Crippen LogP contribution in [-0.4, -0.2) is 16.8 Å². The van der Waals surface area contributed by atoms with Crippen LogP contribution in [-0.2, 0) is 6.54 Å². The number of hydrogen-bond acceptors (Lipinski definition) is 1. The third-order valence-electron chi connectivity index (χ3n) is 3.98. The van der Waals surface area contributed by atoms with Crippen LogP contribution in [0.1, 0.15) is 42.6 Å². The SMILES string of the molecule is C=CC(C(CC)CC)N1Cc2ccccc2C1=O. The van der Waals surface area contributed by atoms with E-state index >= 15 is 0 Å². The van der Waals surface area contributed by atoms with E-state index in [9.17, 15) is 4.79 Å². The van der Waals surface area contributed by atoms with Gasteiger partial charge in [-0.15, -0.1) is 6.58 Å². The van der Waals surface area contributed by atoms with Crippen LogP contribution in [0, 0.1) is 5.92 Å². The van der Waals surface area contributed by atoms with E-state index in [1.54, 1.807) is 0 Å². The van der Waals surface area contributed by atoms with Crippen molar-refractivity contribution in [2.24, 2.45) is 5.92 Å². The lowest BCUT2D eigenvalue weighted by molar-refractivity contribution is 0.0682. The Labute approximate surface area is 109 Å². The molecule has 2 nitrogen and oxygen atoms in total. The quantitative estimate of drug-likeness (QED) is 0.723. The van der Waals surface area contributed by atoms with Gasteiger partial charge in [-0.1, -0.05) is 51.0 Å². The first-order valence-corrected chi connectivity index (χ1v) is 6.74. The summed E-state index contributed by atoms with van der Waals surface area (Å²) in [5.41, 5.74) is 2.00. The standard InChI is InChI=1S/C16H21NO/c1-4-12(5-2)15(6-3)17-11-13-9-7-8-10-14(13)16(17)18/h6-10,12,15H,3-5,11H2,1-2H3. The average molecular weight is 243 g/mol. The lowest BCUT2D eigenvalue weighted by Gasteiger charge is -2.31. The topological polar surface area (TPSA) is 20.3 Å². The minimum Gasteiger partial charge on any atom is -0.328 e. The minimum absolute atomic E-state index is 0.153. The molecule has 1 unspecified atom stereocenters. The molecule has 1 atom stereocenters. The van der Waals surface area contributed by atoms with E-state index in [-0.39, 0.29) is 11.9 Å². The second kappa shape index (κ2) is 5.38. The summed E-state index contributed by atoms with van der Waals surface area (Å²) in [6.07, 6.45) is 4.09. The Morgan fingerprint density at radius 2 is 2.00 bits per heavy atom. The lowest BCUT2D eigenvalue weighted by Crippen LogP contribution is -2.39. The van der Waals surface area contributed by atoms with E-state index in [1.807, 2.05) is 35.2 Å². The predicted molar refractivity (Wildman–Crippen MR) is 74.4 cm³/mol. The van der Waals surface area contributed by atoms with E-state index in [4.69, 9.17) is 0 Å². The summed E-state index contributed by atoms with van der Waals surface area (Å²) in [4.78, 5) is 14.4. The molecule has 0 bridgehead atoms. The van der Waals surface area contributed by atoms with Crippen molar-refractivity contribution in [3.8, 4) is 0 Å². The van der Waals surface area contributed by atoms with Gasteiger partial charge < -0.3 is 4.90 Å². The molecule has 1 heterocycles. The molecule has 0 spiro atoms. The summed E-state index contributed by atoms with van der Waals surface area (Å²) >= 11 is 0. The molecule has 0 fully saturated rings. The molecule has 96 valence electrons. The van der Waals surface area contributed by atoms with Crippen molar-refractivity contribution in [2.45, 2.75) is 39.3 Å². The van der Waals surface area contributed by atoms with Gasteiger partial charge in [-0.05, 0) is 17.5 Å². The summed E-state index contributed by atoms with van der Waals surface area (Å²) < 4.78 is 0. The summed E-state index contributed by atoms with van der Waals surface area (Å²) in [6.45, 7) is 9.01. The molecule has 0 radical (unpaired) electrons. The minimum atomic E-state index is 0.153. The largest absolute Gasteiger partial charge is 0.328 e. The van der Waals surface area contributed by atoms with Gasteiger partial charge in [-0.3, -0.25) is 4.79 Å². The molecule has 2 rings (SSSR count). The fraction of sp³-hybridized carbons (Fsp3) is 0.438. The molecule has 2 heteroatoms. The summed E-state index contributed by atoms with van der Waals surface area (Å²) in [7, 11) is 0. The highest BCUT2D eigenvalue weighted by Gasteiger charge is 2.33. The molecule has 1 aliphatic heterocycles. The molecule has 0 aromatic heterocycles. The number of carbonyl (C=O) groups excluding carboxylic acids is 1. The van der Waals surface area contributed by atoms with Crippen LogP contribution < -0.4 is 0 Å². The normalized spacial score (nSPS) is 15.9. The summed E-state index contributed by atoms with van der Waals surface area (Å²) in [5.74, 6) is 0.656. The van der Waals surface area contributed by atoms with Crippen molar-refractivity contribution in [2.75, 3.05) is 0 Å². The number of nitrogens with zero attached hydrogens (tertiary/aromatic N) is 1. The van der Waals surface area contributed by atoms with E-state index in [1.165, 1.54) is 0 Å². The zero-order chi connectivity index (χ0) is 13.1. The van der Waals surface area contributed by atoms with Crippen LogP contribution in [0.5, 0.6) is 0 Å². The van der Waals surface area contributed by atoms with E-state index < -0.39 is 0 Å². The van der Waals surface area contributed by atoms with Crippen molar-refractivity contribution in [3.05, 3.63) is 48.0 Å². The van der Waals surface area contributed by atoms with Crippen molar-refractivity contribution in [1.29, 1.82) is 0 Å². The molecule has 1 aliphatic rings. The average Bonchev–Trinajstić information content (AvgIpc) is 2.74. The second-order valence-electron chi connectivity index (χ2n) is 4.89. The van der Waals surface area contributed by atoms with Gasteiger partial charge in [0.1, 0.15) is 0 Å². The Morgan fingerprint density at radius 1 is 1.33 bits per heavy atom. The number of amides is 1. The first-order valence-electron chi connectivity index (χ1n) is 6.74. The first kappa shape index (κ1) is 12.9.